The normalized spacial score (nSPS) is 28.0. The SMILES string of the molecule is CC(C)OC(=O)[C@@H]1C(=O)C[C@](C)(O)[C@@H](C(=O)OC(C)C)[C@H]1c1ccc2c(c1)OCO2. The number of rotatable bonds is 5. The Morgan fingerprint density at radius 1 is 1.07 bits per heavy atom. The van der Waals surface area contributed by atoms with Crippen molar-refractivity contribution in [1.82, 2.24) is 0 Å². The van der Waals surface area contributed by atoms with Crippen molar-refractivity contribution < 1.29 is 38.4 Å². The van der Waals surface area contributed by atoms with E-state index in [1.54, 1.807) is 45.9 Å². The summed E-state index contributed by atoms with van der Waals surface area (Å²) in [7, 11) is 0. The number of ether oxygens (including phenoxy) is 4. The number of hydrogen-bond donors (Lipinski definition) is 1. The average molecular weight is 420 g/mol. The van der Waals surface area contributed by atoms with Gasteiger partial charge in [-0.15, -0.1) is 0 Å². The van der Waals surface area contributed by atoms with Crippen molar-refractivity contribution in [3.8, 4) is 11.5 Å². The van der Waals surface area contributed by atoms with Crippen LogP contribution in [0.3, 0.4) is 0 Å². The number of carbonyl (C=O) groups excluding carboxylic acids is 3. The predicted octanol–water partition coefficient (Wildman–Crippen LogP) is 2.36. The van der Waals surface area contributed by atoms with Crippen LogP contribution in [0, 0.1) is 11.8 Å². The molecule has 0 bridgehead atoms. The third-order valence-corrected chi connectivity index (χ3v) is 5.26. The molecular formula is C22H28O8. The van der Waals surface area contributed by atoms with Crippen LogP contribution in [-0.2, 0) is 23.9 Å². The first-order valence-electron chi connectivity index (χ1n) is 10.1. The fourth-order valence-corrected chi connectivity index (χ4v) is 4.15. The van der Waals surface area contributed by atoms with Gasteiger partial charge in [-0.3, -0.25) is 14.4 Å². The van der Waals surface area contributed by atoms with E-state index in [9.17, 15) is 19.5 Å². The van der Waals surface area contributed by atoms with Crippen molar-refractivity contribution in [3.05, 3.63) is 23.8 Å². The Hall–Kier alpha value is -2.61. The highest BCUT2D eigenvalue weighted by Gasteiger charge is 2.57. The van der Waals surface area contributed by atoms with Crippen LogP contribution in [-0.4, -0.2) is 47.4 Å². The molecule has 8 heteroatoms. The molecule has 0 spiro atoms. The summed E-state index contributed by atoms with van der Waals surface area (Å²) in [6, 6.07) is 4.95. The summed E-state index contributed by atoms with van der Waals surface area (Å²) in [6.45, 7) is 8.23. The van der Waals surface area contributed by atoms with Crippen LogP contribution < -0.4 is 9.47 Å². The summed E-state index contributed by atoms with van der Waals surface area (Å²) in [4.78, 5) is 38.9. The third kappa shape index (κ3) is 4.28. The van der Waals surface area contributed by atoms with Crippen LogP contribution in [0.2, 0.25) is 0 Å². The summed E-state index contributed by atoms with van der Waals surface area (Å²) >= 11 is 0. The lowest BCUT2D eigenvalue weighted by Crippen LogP contribution is -2.55. The molecule has 164 valence electrons. The molecule has 0 radical (unpaired) electrons. The molecule has 0 saturated heterocycles. The second-order valence-electron chi connectivity index (χ2n) is 8.57. The van der Waals surface area contributed by atoms with Crippen LogP contribution in [0.5, 0.6) is 11.5 Å². The number of Topliss-reactive ketones (excluding diaryl/α,β-unsaturated/α-hetero) is 1. The fourth-order valence-electron chi connectivity index (χ4n) is 4.15. The van der Waals surface area contributed by atoms with Crippen molar-refractivity contribution >= 4 is 17.7 Å². The molecule has 1 N–H and O–H groups in total. The number of aliphatic hydroxyl groups is 1. The number of ketones is 1. The minimum Gasteiger partial charge on any atom is -0.463 e. The van der Waals surface area contributed by atoms with E-state index in [4.69, 9.17) is 18.9 Å². The lowest BCUT2D eigenvalue weighted by Gasteiger charge is -2.44. The molecule has 8 nitrogen and oxygen atoms in total. The Balaban J connectivity index is 2.12. The number of benzene rings is 1. The van der Waals surface area contributed by atoms with Crippen LogP contribution in [0.4, 0.5) is 0 Å². The fraction of sp³-hybridized carbons (Fsp3) is 0.591. The molecule has 1 heterocycles. The Morgan fingerprint density at radius 2 is 1.67 bits per heavy atom. The number of carbonyl (C=O) groups is 3. The molecule has 1 aliphatic heterocycles. The molecule has 1 aliphatic carbocycles. The van der Waals surface area contributed by atoms with E-state index < -0.39 is 53.3 Å². The number of hydrogen-bond acceptors (Lipinski definition) is 8. The maximum Gasteiger partial charge on any atom is 0.317 e. The molecule has 1 fully saturated rings. The highest BCUT2D eigenvalue weighted by molar-refractivity contribution is 6.02. The quantitative estimate of drug-likeness (QED) is 0.571. The smallest absolute Gasteiger partial charge is 0.317 e. The van der Waals surface area contributed by atoms with Gasteiger partial charge in [0.15, 0.2) is 17.3 Å². The monoisotopic (exact) mass is 420 g/mol. The average Bonchev–Trinajstić information content (AvgIpc) is 3.06. The first kappa shape index (κ1) is 22.1. The van der Waals surface area contributed by atoms with E-state index in [0.717, 1.165) is 0 Å². The Kier molecular flexibility index (Phi) is 6.08. The van der Waals surface area contributed by atoms with Crippen LogP contribution in [0.15, 0.2) is 18.2 Å². The zero-order chi connectivity index (χ0) is 22.2. The van der Waals surface area contributed by atoms with Gasteiger partial charge in [0.25, 0.3) is 0 Å². The summed E-state index contributed by atoms with van der Waals surface area (Å²) in [5, 5.41) is 11.1. The molecule has 1 aromatic carbocycles. The summed E-state index contributed by atoms with van der Waals surface area (Å²) in [6.07, 6.45) is -1.22. The standard InChI is InChI=1S/C22H28O8/c1-11(2)29-20(24)18-14(23)9-22(5,26)19(21(25)30-12(3)4)17(18)13-6-7-15-16(8-13)28-10-27-15/h6-8,11-12,17-19,26H,9-10H2,1-5H3/t17-,18+,19+,22-/m0/s1. The first-order valence-corrected chi connectivity index (χ1v) is 10.1. The molecule has 0 aromatic heterocycles. The molecule has 3 rings (SSSR count). The zero-order valence-corrected chi connectivity index (χ0v) is 17.8. The Morgan fingerprint density at radius 3 is 2.30 bits per heavy atom. The molecule has 1 saturated carbocycles. The van der Waals surface area contributed by atoms with Gasteiger partial charge < -0.3 is 24.1 Å². The topological polar surface area (TPSA) is 108 Å². The number of fused-ring (bicyclic) bond motifs is 1. The van der Waals surface area contributed by atoms with Gasteiger partial charge in [-0.25, -0.2) is 0 Å². The van der Waals surface area contributed by atoms with Gasteiger partial charge in [0.05, 0.1) is 23.7 Å². The highest BCUT2D eigenvalue weighted by atomic mass is 16.7. The second kappa shape index (κ2) is 8.26. The Labute approximate surface area is 175 Å². The molecule has 30 heavy (non-hydrogen) atoms. The lowest BCUT2D eigenvalue weighted by molar-refractivity contribution is -0.176. The highest BCUT2D eigenvalue weighted by Crippen LogP contribution is 2.48. The van der Waals surface area contributed by atoms with E-state index >= 15 is 0 Å². The van der Waals surface area contributed by atoms with E-state index in [0.29, 0.717) is 17.1 Å². The predicted molar refractivity (Wildman–Crippen MR) is 105 cm³/mol. The third-order valence-electron chi connectivity index (χ3n) is 5.26. The lowest BCUT2D eigenvalue weighted by atomic mass is 9.61. The van der Waals surface area contributed by atoms with E-state index in [2.05, 4.69) is 0 Å². The maximum atomic E-state index is 13.0. The van der Waals surface area contributed by atoms with Crippen LogP contribution in [0.1, 0.15) is 52.5 Å². The van der Waals surface area contributed by atoms with Crippen LogP contribution in [0.25, 0.3) is 0 Å². The van der Waals surface area contributed by atoms with E-state index in [1.165, 1.54) is 6.92 Å². The minimum atomic E-state index is -1.70. The number of esters is 2. The van der Waals surface area contributed by atoms with Gasteiger partial charge in [0, 0.05) is 12.3 Å². The minimum absolute atomic E-state index is 0.0533. The van der Waals surface area contributed by atoms with Crippen molar-refractivity contribution in [2.24, 2.45) is 11.8 Å². The second-order valence-corrected chi connectivity index (χ2v) is 8.57. The molecule has 1 aromatic rings. The van der Waals surface area contributed by atoms with Crippen LogP contribution >= 0.6 is 0 Å². The summed E-state index contributed by atoms with van der Waals surface area (Å²) in [5.74, 6) is -4.30. The molecule has 2 aliphatic rings. The van der Waals surface area contributed by atoms with Gasteiger partial charge in [-0.05, 0) is 52.3 Å². The molecule has 4 atom stereocenters. The van der Waals surface area contributed by atoms with Crippen molar-refractivity contribution in [2.45, 2.75) is 64.8 Å². The summed E-state index contributed by atoms with van der Waals surface area (Å²) in [5.41, 5.74) is -1.21. The van der Waals surface area contributed by atoms with E-state index in [1.807, 2.05) is 0 Å². The van der Waals surface area contributed by atoms with E-state index in [-0.39, 0.29) is 13.2 Å². The molecular weight excluding hydrogens is 392 g/mol. The largest absolute Gasteiger partial charge is 0.463 e. The molecule has 0 unspecified atom stereocenters. The summed E-state index contributed by atoms with van der Waals surface area (Å²) < 4.78 is 21.5. The van der Waals surface area contributed by atoms with Gasteiger partial charge in [0.2, 0.25) is 6.79 Å². The van der Waals surface area contributed by atoms with Crippen molar-refractivity contribution in [3.63, 3.8) is 0 Å². The Bertz CT molecular complexity index is 834. The zero-order valence-electron chi connectivity index (χ0n) is 17.8. The first-order chi connectivity index (χ1) is 14.0. The van der Waals surface area contributed by atoms with Gasteiger partial charge >= 0.3 is 11.9 Å². The molecule has 0 amide bonds. The van der Waals surface area contributed by atoms with Gasteiger partial charge in [0.1, 0.15) is 5.92 Å². The maximum absolute atomic E-state index is 13.0. The van der Waals surface area contributed by atoms with Gasteiger partial charge in [-0.2, -0.15) is 0 Å². The van der Waals surface area contributed by atoms with Crippen molar-refractivity contribution in [1.29, 1.82) is 0 Å². The van der Waals surface area contributed by atoms with Crippen molar-refractivity contribution in [2.75, 3.05) is 6.79 Å². The van der Waals surface area contributed by atoms with Gasteiger partial charge in [-0.1, -0.05) is 6.07 Å².